The van der Waals surface area contributed by atoms with Gasteiger partial charge in [-0.1, -0.05) is 37.3 Å². The first kappa shape index (κ1) is 16.1. The standard InChI is InChI=1S/C20H20O4/c1-3-15(13-8-6-5-7-9-13)18-19(21)16-11-10-14(23-4-2)12-17(16)24-20(18)22/h5-12,15,21H,3-4H2,1-2H3. The third-order valence-electron chi connectivity index (χ3n) is 4.16. The Morgan fingerprint density at radius 2 is 1.88 bits per heavy atom. The Balaban J connectivity index is 2.18. The molecule has 1 aromatic heterocycles. The van der Waals surface area contributed by atoms with Crippen LogP contribution in [0.1, 0.15) is 37.3 Å². The number of fused-ring (bicyclic) bond motifs is 1. The first-order chi connectivity index (χ1) is 11.7. The Labute approximate surface area is 140 Å². The number of rotatable bonds is 5. The Hall–Kier alpha value is -2.75. The Morgan fingerprint density at radius 3 is 2.54 bits per heavy atom. The van der Waals surface area contributed by atoms with Crippen molar-refractivity contribution < 1.29 is 14.3 Å². The van der Waals surface area contributed by atoms with Crippen LogP contribution in [0.4, 0.5) is 0 Å². The molecule has 0 saturated heterocycles. The predicted molar refractivity (Wildman–Crippen MR) is 93.9 cm³/mol. The minimum atomic E-state index is -0.510. The largest absolute Gasteiger partial charge is 0.507 e. The van der Waals surface area contributed by atoms with E-state index in [0.29, 0.717) is 35.3 Å². The number of aromatic hydroxyl groups is 1. The van der Waals surface area contributed by atoms with E-state index in [0.717, 1.165) is 5.56 Å². The number of ether oxygens (including phenoxy) is 1. The summed E-state index contributed by atoms with van der Waals surface area (Å²) in [5.41, 5.74) is 1.10. The average molecular weight is 324 g/mol. The maximum Gasteiger partial charge on any atom is 0.343 e. The van der Waals surface area contributed by atoms with Crippen molar-refractivity contribution in [3.05, 3.63) is 70.1 Å². The highest BCUT2D eigenvalue weighted by Gasteiger charge is 2.23. The van der Waals surface area contributed by atoms with Crippen LogP contribution in [0.3, 0.4) is 0 Å². The Morgan fingerprint density at radius 1 is 1.12 bits per heavy atom. The maximum absolute atomic E-state index is 12.5. The lowest BCUT2D eigenvalue weighted by atomic mass is 9.89. The molecule has 1 unspecified atom stereocenters. The summed E-state index contributed by atoms with van der Waals surface area (Å²) in [4.78, 5) is 12.5. The predicted octanol–water partition coefficient (Wildman–Crippen LogP) is 4.44. The molecular weight excluding hydrogens is 304 g/mol. The molecule has 1 N–H and O–H groups in total. The van der Waals surface area contributed by atoms with Gasteiger partial charge in [-0.15, -0.1) is 0 Å². The summed E-state index contributed by atoms with van der Waals surface area (Å²) in [5, 5.41) is 11.2. The van der Waals surface area contributed by atoms with Gasteiger partial charge < -0.3 is 14.3 Å². The molecule has 0 radical (unpaired) electrons. The average Bonchev–Trinajstić information content (AvgIpc) is 2.59. The van der Waals surface area contributed by atoms with Gasteiger partial charge in [0, 0.05) is 12.0 Å². The molecule has 24 heavy (non-hydrogen) atoms. The van der Waals surface area contributed by atoms with Gasteiger partial charge in [0.05, 0.1) is 17.6 Å². The summed E-state index contributed by atoms with van der Waals surface area (Å²) in [5.74, 6) is 0.383. The van der Waals surface area contributed by atoms with Crippen molar-refractivity contribution in [1.82, 2.24) is 0 Å². The van der Waals surface area contributed by atoms with Crippen molar-refractivity contribution in [3.8, 4) is 11.5 Å². The number of hydrogen-bond donors (Lipinski definition) is 1. The first-order valence-electron chi connectivity index (χ1n) is 8.13. The van der Waals surface area contributed by atoms with Crippen LogP contribution in [0.25, 0.3) is 11.0 Å². The monoisotopic (exact) mass is 324 g/mol. The third-order valence-corrected chi connectivity index (χ3v) is 4.16. The third kappa shape index (κ3) is 2.87. The quantitative estimate of drug-likeness (QED) is 0.705. The van der Waals surface area contributed by atoms with Crippen molar-refractivity contribution >= 4 is 11.0 Å². The van der Waals surface area contributed by atoms with Crippen LogP contribution >= 0.6 is 0 Å². The molecule has 3 aromatic rings. The van der Waals surface area contributed by atoms with E-state index in [4.69, 9.17) is 9.15 Å². The van der Waals surface area contributed by atoms with Crippen molar-refractivity contribution in [2.75, 3.05) is 6.61 Å². The smallest absolute Gasteiger partial charge is 0.343 e. The van der Waals surface area contributed by atoms with Crippen molar-refractivity contribution in [2.24, 2.45) is 0 Å². The zero-order chi connectivity index (χ0) is 17.1. The SMILES string of the molecule is CCOc1ccc2c(O)c(C(CC)c3ccccc3)c(=O)oc2c1. The van der Waals surface area contributed by atoms with Crippen molar-refractivity contribution in [3.63, 3.8) is 0 Å². The van der Waals surface area contributed by atoms with Crippen LogP contribution in [-0.4, -0.2) is 11.7 Å². The molecule has 0 bridgehead atoms. The van der Waals surface area contributed by atoms with Crippen LogP contribution in [0.5, 0.6) is 11.5 Å². The molecule has 0 aliphatic carbocycles. The van der Waals surface area contributed by atoms with Crippen LogP contribution in [0, 0.1) is 0 Å². The van der Waals surface area contributed by atoms with E-state index in [1.54, 1.807) is 18.2 Å². The molecule has 1 heterocycles. The van der Waals surface area contributed by atoms with Gasteiger partial charge in [-0.25, -0.2) is 4.79 Å². The van der Waals surface area contributed by atoms with Crippen molar-refractivity contribution in [2.45, 2.75) is 26.2 Å². The zero-order valence-corrected chi connectivity index (χ0v) is 13.8. The molecule has 4 heteroatoms. The lowest BCUT2D eigenvalue weighted by Gasteiger charge is -2.17. The highest BCUT2D eigenvalue weighted by molar-refractivity contribution is 5.85. The summed E-state index contributed by atoms with van der Waals surface area (Å²) in [7, 11) is 0. The van der Waals surface area contributed by atoms with Gasteiger partial charge >= 0.3 is 5.63 Å². The summed E-state index contributed by atoms with van der Waals surface area (Å²) in [6.45, 7) is 4.39. The van der Waals surface area contributed by atoms with Gasteiger partial charge in [-0.3, -0.25) is 0 Å². The van der Waals surface area contributed by atoms with Gasteiger partial charge in [0.15, 0.2) is 0 Å². The fourth-order valence-corrected chi connectivity index (χ4v) is 3.03. The summed E-state index contributed by atoms with van der Waals surface area (Å²) >= 11 is 0. The number of hydrogen-bond acceptors (Lipinski definition) is 4. The molecule has 2 aromatic carbocycles. The topological polar surface area (TPSA) is 59.7 Å². The highest BCUT2D eigenvalue weighted by atomic mass is 16.5. The summed E-state index contributed by atoms with van der Waals surface area (Å²) < 4.78 is 10.9. The molecule has 4 nitrogen and oxygen atoms in total. The molecule has 3 rings (SSSR count). The van der Waals surface area contributed by atoms with Crippen LogP contribution in [0.15, 0.2) is 57.7 Å². The van der Waals surface area contributed by atoms with Gasteiger partial charge in [0.1, 0.15) is 17.1 Å². The van der Waals surface area contributed by atoms with E-state index < -0.39 is 5.63 Å². The van der Waals surface area contributed by atoms with Crippen molar-refractivity contribution in [1.29, 1.82) is 0 Å². The molecule has 0 amide bonds. The van der Waals surface area contributed by atoms with E-state index in [1.807, 2.05) is 44.2 Å². The van der Waals surface area contributed by atoms with Gasteiger partial charge in [0.25, 0.3) is 0 Å². The fourth-order valence-electron chi connectivity index (χ4n) is 3.03. The van der Waals surface area contributed by atoms with Crippen LogP contribution < -0.4 is 10.4 Å². The summed E-state index contributed by atoms with van der Waals surface area (Å²) in [6.07, 6.45) is 0.685. The normalized spacial score (nSPS) is 12.2. The lowest BCUT2D eigenvalue weighted by molar-refractivity contribution is 0.340. The van der Waals surface area contributed by atoms with E-state index in [2.05, 4.69) is 0 Å². The summed E-state index contributed by atoms with van der Waals surface area (Å²) in [6, 6.07) is 14.8. The molecule has 0 aliphatic heterocycles. The second-order valence-electron chi connectivity index (χ2n) is 5.61. The minimum absolute atomic E-state index is 0.0139. The van der Waals surface area contributed by atoms with Gasteiger partial charge in [0.2, 0.25) is 0 Å². The fraction of sp³-hybridized carbons (Fsp3) is 0.250. The molecule has 124 valence electrons. The van der Waals surface area contributed by atoms with E-state index in [1.165, 1.54) is 0 Å². The first-order valence-corrected chi connectivity index (χ1v) is 8.13. The molecule has 1 atom stereocenters. The maximum atomic E-state index is 12.5. The molecule has 0 fully saturated rings. The van der Waals surface area contributed by atoms with Crippen LogP contribution in [-0.2, 0) is 0 Å². The zero-order valence-electron chi connectivity index (χ0n) is 13.8. The van der Waals surface area contributed by atoms with Crippen LogP contribution in [0.2, 0.25) is 0 Å². The van der Waals surface area contributed by atoms with Gasteiger partial charge in [-0.05, 0) is 31.0 Å². The van der Waals surface area contributed by atoms with E-state index in [9.17, 15) is 9.90 Å². The minimum Gasteiger partial charge on any atom is -0.507 e. The number of benzene rings is 2. The second kappa shape index (κ2) is 6.79. The molecule has 0 aliphatic rings. The second-order valence-corrected chi connectivity index (χ2v) is 5.61. The molecular formula is C20H20O4. The molecule has 0 saturated carbocycles. The highest BCUT2D eigenvalue weighted by Crippen LogP contribution is 2.36. The lowest BCUT2D eigenvalue weighted by Crippen LogP contribution is -2.13. The Bertz CT molecular complexity index is 897. The van der Waals surface area contributed by atoms with E-state index >= 15 is 0 Å². The van der Waals surface area contributed by atoms with E-state index in [-0.39, 0.29) is 11.7 Å². The Kier molecular flexibility index (Phi) is 4.56. The molecule has 0 spiro atoms. The van der Waals surface area contributed by atoms with Gasteiger partial charge in [-0.2, -0.15) is 0 Å².